The first-order valence-corrected chi connectivity index (χ1v) is 9.80. The molecule has 2 fully saturated rings. The molecular formula is C23H28FN. The molecule has 1 aliphatic heterocycles. The summed E-state index contributed by atoms with van der Waals surface area (Å²) in [6.07, 6.45) is 7.01. The van der Waals surface area contributed by atoms with Crippen LogP contribution >= 0.6 is 0 Å². The molecule has 1 unspecified atom stereocenters. The largest absolute Gasteiger partial charge is 0.300 e. The van der Waals surface area contributed by atoms with Gasteiger partial charge in [0, 0.05) is 13.1 Å². The highest BCUT2D eigenvalue weighted by atomic mass is 19.1. The zero-order valence-electron chi connectivity index (χ0n) is 15.0. The van der Waals surface area contributed by atoms with Crippen LogP contribution in [-0.2, 0) is 5.67 Å². The smallest absolute Gasteiger partial charge is 0.148 e. The fourth-order valence-corrected chi connectivity index (χ4v) is 4.64. The van der Waals surface area contributed by atoms with Crippen molar-refractivity contribution in [2.45, 2.75) is 44.2 Å². The van der Waals surface area contributed by atoms with Crippen LogP contribution in [0.15, 0.2) is 54.6 Å². The minimum atomic E-state index is -1.19. The number of likely N-dealkylation sites (tertiary alicyclic amines) is 1. The Hall–Kier alpha value is -1.67. The highest BCUT2D eigenvalue weighted by molar-refractivity contribution is 5.63. The molecule has 0 spiro atoms. The molecule has 0 amide bonds. The average Bonchev–Trinajstić information content (AvgIpc) is 3.16. The van der Waals surface area contributed by atoms with E-state index in [2.05, 4.69) is 29.2 Å². The predicted octanol–water partition coefficient (Wildman–Crippen LogP) is 5.80. The minimum absolute atomic E-state index is 0.564. The number of hydrogen-bond donors (Lipinski definition) is 0. The Bertz CT molecular complexity index is 675. The third-order valence-electron chi connectivity index (χ3n) is 6.02. The van der Waals surface area contributed by atoms with Crippen LogP contribution in [0.2, 0.25) is 0 Å². The molecule has 2 aromatic carbocycles. The third-order valence-corrected chi connectivity index (χ3v) is 6.02. The van der Waals surface area contributed by atoms with Crippen molar-refractivity contribution in [3.05, 3.63) is 60.2 Å². The van der Waals surface area contributed by atoms with E-state index in [1.54, 1.807) is 0 Å². The summed E-state index contributed by atoms with van der Waals surface area (Å²) in [5.74, 6) is 0.794. The average molecular weight is 337 g/mol. The molecule has 1 atom stereocenters. The van der Waals surface area contributed by atoms with Crippen LogP contribution in [0.5, 0.6) is 0 Å². The van der Waals surface area contributed by atoms with Crippen LogP contribution in [0.3, 0.4) is 0 Å². The van der Waals surface area contributed by atoms with Gasteiger partial charge in [-0.3, -0.25) is 4.90 Å². The normalized spacial score (nSPS) is 25.3. The molecule has 2 aromatic rings. The van der Waals surface area contributed by atoms with E-state index in [0.29, 0.717) is 13.0 Å². The first-order chi connectivity index (χ1) is 12.2. The highest BCUT2D eigenvalue weighted by Gasteiger charge is 2.37. The number of hydrogen-bond acceptors (Lipinski definition) is 1. The summed E-state index contributed by atoms with van der Waals surface area (Å²) >= 11 is 0. The SMILES string of the molecule is FC1(c2ccc(-c3ccccc3)cc2)CCCN(CC2CCCC2)C1. The van der Waals surface area contributed by atoms with E-state index in [1.165, 1.54) is 31.2 Å². The first kappa shape index (κ1) is 16.8. The molecule has 1 saturated carbocycles. The first-order valence-electron chi connectivity index (χ1n) is 9.80. The van der Waals surface area contributed by atoms with Crippen LogP contribution < -0.4 is 0 Å². The fraction of sp³-hybridized carbons (Fsp3) is 0.478. The Balaban J connectivity index is 1.47. The van der Waals surface area contributed by atoms with E-state index >= 15 is 4.39 Å². The van der Waals surface area contributed by atoms with E-state index in [1.807, 2.05) is 30.3 Å². The van der Waals surface area contributed by atoms with Crippen molar-refractivity contribution in [3.8, 4) is 11.1 Å². The van der Waals surface area contributed by atoms with Gasteiger partial charge in [-0.05, 0) is 54.8 Å². The molecule has 1 saturated heterocycles. The van der Waals surface area contributed by atoms with Gasteiger partial charge < -0.3 is 0 Å². The number of rotatable bonds is 4. The summed E-state index contributed by atoms with van der Waals surface area (Å²) in [4.78, 5) is 2.38. The van der Waals surface area contributed by atoms with Gasteiger partial charge in [-0.2, -0.15) is 0 Å². The van der Waals surface area contributed by atoms with E-state index in [9.17, 15) is 0 Å². The number of alkyl halides is 1. The summed E-state index contributed by atoms with van der Waals surface area (Å²) in [7, 11) is 0. The Kier molecular flexibility index (Phi) is 4.89. The van der Waals surface area contributed by atoms with Gasteiger partial charge in [-0.1, -0.05) is 67.4 Å². The number of halogens is 1. The van der Waals surface area contributed by atoms with Gasteiger partial charge in [-0.25, -0.2) is 4.39 Å². The second-order valence-corrected chi connectivity index (χ2v) is 7.90. The Morgan fingerprint density at radius 1 is 0.880 bits per heavy atom. The van der Waals surface area contributed by atoms with Crippen molar-refractivity contribution in [2.24, 2.45) is 5.92 Å². The summed E-state index contributed by atoms with van der Waals surface area (Å²) in [6, 6.07) is 18.5. The van der Waals surface area contributed by atoms with Crippen molar-refractivity contribution >= 4 is 0 Å². The van der Waals surface area contributed by atoms with Crippen molar-refractivity contribution in [1.29, 1.82) is 0 Å². The Morgan fingerprint density at radius 2 is 1.56 bits per heavy atom. The zero-order chi connectivity index (χ0) is 17.1. The monoisotopic (exact) mass is 337 g/mol. The lowest BCUT2D eigenvalue weighted by Crippen LogP contribution is -2.45. The standard InChI is InChI=1S/C23H28FN/c24-23(15-6-16-25(18-23)17-19-7-4-5-8-19)22-13-11-21(12-14-22)20-9-2-1-3-10-20/h1-3,9-14,19H,4-8,15-18H2. The summed E-state index contributed by atoms with van der Waals surface area (Å²) in [6.45, 7) is 2.71. The van der Waals surface area contributed by atoms with E-state index in [4.69, 9.17) is 0 Å². The van der Waals surface area contributed by atoms with Gasteiger partial charge in [0.1, 0.15) is 5.67 Å². The van der Waals surface area contributed by atoms with Gasteiger partial charge in [-0.15, -0.1) is 0 Å². The second kappa shape index (κ2) is 7.29. The molecule has 0 N–H and O–H groups in total. The molecule has 4 rings (SSSR count). The Morgan fingerprint density at radius 3 is 2.28 bits per heavy atom. The molecule has 25 heavy (non-hydrogen) atoms. The Labute approximate surface area is 150 Å². The van der Waals surface area contributed by atoms with Gasteiger partial charge >= 0.3 is 0 Å². The molecule has 0 bridgehead atoms. The van der Waals surface area contributed by atoms with Crippen molar-refractivity contribution in [2.75, 3.05) is 19.6 Å². The third kappa shape index (κ3) is 3.79. The fourth-order valence-electron chi connectivity index (χ4n) is 4.64. The van der Waals surface area contributed by atoms with Crippen LogP contribution in [-0.4, -0.2) is 24.5 Å². The predicted molar refractivity (Wildman–Crippen MR) is 102 cm³/mol. The molecule has 2 aliphatic rings. The maximum Gasteiger partial charge on any atom is 0.148 e. The summed E-state index contributed by atoms with van der Waals surface area (Å²) < 4.78 is 15.7. The lowest BCUT2D eigenvalue weighted by atomic mass is 9.86. The lowest BCUT2D eigenvalue weighted by molar-refractivity contribution is 0.0349. The van der Waals surface area contributed by atoms with Crippen molar-refractivity contribution < 1.29 is 4.39 Å². The van der Waals surface area contributed by atoms with Crippen LogP contribution in [0.4, 0.5) is 4.39 Å². The molecule has 0 radical (unpaired) electrons. The van der Waals surface area contributed by atoms with Crippen molar-refractivity contribution in [3.63, 3.8) is 0 Å². The number of nitrogens with zero attached hydrogens (tertiary/aromatic N) is 1. The van der Waals surface area contributed by atoms with Gasteiger partial charge in [0.05, 0.1) is 0 Å². The van der Waals surface area contributed by atoms with E-state index < -0.39 is 5.67 Å². The van der Waals surface area contributed by atoms with Crippen LogP contribution in [0.1, 0.15) is 44.1 Å². The van der Waals surface area contributed by atoms with Gasteiger partial charge in [0.2, 0.25) is 0 Å². The molecule has 1 nitrogen and oxygen atoms in total. The lowest BCUT2D eigenvalue weighted by Gasteiger charge is -2.39. The highest BCUT2D eigenvalue weighted by Crippen LogP contribution is 2.37. The molecule has 1 aliphatic carbocycles. The molecule has 132 valence electrons. The summed E-state index contributed by atoms with van der Waals surface area (Å²) in [5.41, 5.74) is 2.01. The van der Waals surface area contributed by atoms with Crippen LogP contribution in [0, 0.1) is 5.92 Å². The number of benzene rings is 2. The van der Waals surface area contributed by atoms with Gasteiger partial charge in [0.15, 0.2) is 0 Å². The summed E-state index contributed by atoms with van der Waals surface area (Å²) in [5, 5.41) is 0. The molecular weight excluding hydrogens is 309 g/mol. The van der Waals surface area contributed by atoms with E-state index in [-0.39, 0.29) is 0 Å². The minimum Gasteiger partial charge on any atom is -0.300 e. The maximum absolute atomic E-state index is 15.7. The topological polar surface area (TPSA) is 3.24 Å². The zero-order valence-corrected chi connectivity index (χ0v) is 15.0. The maximum atomic E-state index is 15.7. The molecule has 1 heterocycles. The van der Waals surface area contributed by atoms with Crippen LogP contribution in [0.25, 0.3) is 11.1 Å². The van der Waals surface area contributed by atoms with Gasteiger partial charge in [0.25, 0.3) is 0 Å². The van der Waals surface area contributed by atoms with Crippen molar-refractivity contribution in [1.82, 2.24) is 4.90 Å². The van der Waals surface area contributed by atoms with E-state index in [0.717, 1.165) is 36.6 Å². The molecule has 0 aromatic heterocycles. The second-order valence-electron chi connectivity index (χ2n) is 7.90. The quantitative estimate of drug-likeness (QED) is 0.681. The number of piperidine rings is 1. The molecule has 2 heteroatoms.